The number of Topliss-reactive ketones (excluding diaryl/α,β-unsaturated/α-hetero) is 1. The lowest BCUT2D eigenvalue weighted by Crippen LogP contribution is -2.50. The molecule has 0 radical (unpaired) electrons. The summed E-state index contributed by atoms with van der Waals surface area (Å²) in [5.41, 5.74) is 5.89. The van der Waals surface area contributed by atoms with Crippen molar-refractivity contribution >= 4 is 23.3 Å². The number of hydrogen-bond acceptors (Lipinski definition) is 9. The van der Waals surface area contributed by atoms with Gasteiger partial charge in [-0.2, -0.15) is 13.2 Å². The number of carbonyl (C=O) groups is 2. The summed E-state index contributed by atoms with van der Waals surface area (Å²) in [5, 5.41) is 0.450. The Morgan fingerprint density at radius 3 is 2.23 bits per heavy atom. The minimum atomic E-state index is -5.41. The van der Waals surface area contributed by atoms with Crippen molar-refractivity contribution in [3.8, 4) is 0 Å². The quantitative estimate of drug-likeness (QED) is 0.256. The van der Waals surface area contributed by atoms with Crippen LogP contribution in [0.4, 0.5) is 24.7 Å². The van der Waals surface area contributed by atoms with Crippen molar-refractivity contribution in [2.24, 2.45) is 12.8 Å². The molecule has 0 saturated carbocycles. The van der Waals surface area contributed by atoms with E-state index in [1.54, 1.807) is 38.1 Å². The number of halogens is 3. The minimum Gasteiger partial charge on any atom is -0.336 e. The van der Waals surface area contributed by atoms with Crippen LogP contribution >= 0.6 is 0 Å². The third-order valence-electron chi connectivity index (χ3n) is 6.76. The number of ketones is 1. The first-order valence-electron chi connectivity index (χ1n) is 13.6. The molecule has 0 aliphatic carbocycles. The monoisotopic (exact) mass is 615 g/mol. The Kier molecular flexibility index (Phi) is 9.75. The maximum absolute atomic E-state index is 13.9. The Bertz CT molecular complexity index is 1650. The average molecular weight is 616 g/mol. The first kappa shape index (κ1) is 32.2. The van der Waals surface area contributed by atoms with Crippen LogP contribution in [0.5, 0.6) is 0 Å². The van der Waals surface area contributed by atoms with E-state index < -0.39 is 53.9 Å². The van der Waals surface area contributed by atoms with Crippen molar-refractivity contribution in [2.75, 3.05) is 23.1 Å². The second-order valence-corrected chi connectivity index (χ2v) is 10.4. The number of ether oxygens (including phenoxy) is 1. The lowest BCUT2D eigenvalue weighted by Gasteiger charge is -2.31. The molecule has 11 nitrogen and oxygen atoms in total. The van der Waals surface area contributed by atoms with Crippen LogP contribution in [0.15, 0.2) is 81.9 Å². The van der Waals surface area contributed by atoms with Crippen molar-refractivity contribution in [1.82, 2.24) is 9.13 Å². The van der Waals surface area contributed by atoms with E-state index in [1.165, 1.54) is 24.1 Å². The maximum Gasteiger partial charge on any atom is 0.493 e. The normalized spacial score (nSPS) is 15.1. The van der Waals surface area contributed by atoms with Crippen molar-refractivity contribution < 1.29 is 32.3 Å². The Morgan fingerprint density at radius 2 is 1.64 bits per heavy atom. The van der Waals surface area contributed by atoms with Crippen LogP contribution < -0.4 is 26.9 Å². The minimum absolute atomic E-state index is 0.0892. The van der Waals surface area contributed by atoms with E-state index in [0.717, 1.165) is 15.7 Å². The molecule has 2 atom stereocenters. The van der Waals surface area contributed by atoms with Gasteiger partial charge in [-0.25, -0.2) is 9.59 Å². The molecule has 2 heterocycles. The Hall–Kier alpha value is -4.69. The molecule has 3 aromatic rings. The highest BCUT2D eigenvalue weighted by molar-refractivity contribution is 5.95. The van der Waals surface area contributed by atoms with Gasteiger partial charge in [0.1, 0.15) is 0 Å². The second kappa shape index (κ2) is 13.3. The lowest BCUT2D eigenvalue weighted by atomic mass is 10.1. The molecule has 1 aliphatic rings. The highest BCUT2D eigenvalue weighted by Crippen LogP contribution is 2.37. The summed E-state index contributed by atoms with van der Waals surface area (Å²) >= 11 is 0. The average Bonchev–Trinajstić information content (AvgIpc) is 3.29. The molecule has 4 rings (SSSR count). The van der Waals surface area contributed by atoms with Gasteiger partial charge in [0.15, 0.2) is 17.3 Å². The predicted octanol–water partition coefficient (Wildman–Crippen LogP) is 2.91. The van der Waals surface area contributed by atoms with E-state index >= 15 is 0 Å². The van der Waals surface area contributed by atoms with Crippen molar-refractivity contribution in [3.63, 3.8) is 0 Å². The molecule has 0 fully saturated rings. The number of carbonyl (C=O) groups excluding carboxylic acids is 2. The molecule has 0 spiro atoms. The topological polar surface area (TPSA) is 129 Å². The molecule has 0 bridgehead atoms. The van der Waals surface area contributed by atoms with Gasteiger partial charge in [-0.3, -0.25) is 18.7 Å². The Labute approximate surface area is 250 Å². The molecule has 2 N–H and O–H groups in total. The van der Waals surface area contributed by atoms with E-state index in [-0.39, 0.29) is 24.4 Å². The molecule has 2 aromatic carbocycles. The first-order valence-corrected chi connectivity index (χ1v) is 13.6. The van der Waals surface area contributed by atoms with Crippen LogP contribution in [0, 0.1) is 0 Å². The summed E-state index contributed by atoms with van der Waals surface area (Å²) in [6.07, 6.45) is -5.00. The summed E-state index contributed by atoms with van der Waals surface area (Å²) < 4.78 is 47.6. The van der Waals surface area contributed by atoms with Crippen molar-refractivity contribution in [2.45, 2.75) is 45.4 Å². The van der Waals surface area contributed by atoms with E-state index in [1.807, 2.05) is 30.3 Å². The zero-order chi connectivity index (χ0) is 32.2. The second-order valence-electron chi connectivity index (χ2n) is 10.4. The molecule has 14 heteroatoms. The summed E-state index contributed by atoms with van der Waals surface area (Å²) in [6.45, 7) is 2.57. The van der Waals surface area contributed by atoms with Crippen LogP contribution in [-0.4, -0.2) is 52.6 Å². The highest BCUT2D eigenvalue weighted by atomic mass is 19.4. The maximum atomic E-state index is 13.9. The molecule has 0 saturated heterocycles. The zero-order valence-electron chi connectivity index (χ0n) is 24.3. The smallest absolute Gasteiger partial charge is 0.336 e. The largest absolute Gasteiger partial charge is 0.493 e. The fourth-order valence-corrected chi connectivity index (χ4v) is 4.62. The summed E-state index contributed by atoms with van der Waals surface area (Å²) in [5.74, 6) is -3.59. The van der Waals surface area contributed by atoms with Gasteiger partial charge in [-0.05, 0) is 25.8 Å². The number of aromatic nitrogens is 2. The van der Waals surface area contributed by atoms with Crippen LogP contribution in [0.1, 0.15) is 29.8 Å². The van der Waals surface area contributed by atoms with Gasteiger partial charge in [0.05, 0.1) is 13.2 Å². The summed E-state index contributed by atoms with van der Waals surface area (Å²) in [4.78, 5) is 58.3. The third kappa shape index (κ3) is 7.09. The molecule has 234 valence electrons. The highest BCUT2D eigenvalue weighted by Gasteiger charge is 2.49. The fraction of sp³-hybridized carbons (Fsp3) is 0.333. The van der Waals surface area contributed by atoms with Gasteiger partial charge in [0, 0.05) is 25.2 Å². The van der Waals surface area contributed by atoms with E-state index in [2.05, 4.69) is 0 Å². The number of allylic oxidation sites excluding steroid dienone is 1. The number of anilines is 2. The van der Waals surface area contributed by atoms with Crippen molar-refractivity contribution in [1.29, 1.82) is 0 Å². The lowest BCUT2D eigenvalue weighted by molar-refractivity contribution is -0.205. The van der Waals surface area contributed by atoms with Crippen LogP contribution in [-0.2, 0) is 34.4 Å². The van der Waals surface area contributed by atoms with Gasteiger partial charge >= 0.3 is 17.8 Å². The van der Waals surface area contributed by atoms with Crippen molar-refractivity contribution in [3.05, 3.63) is 104 Å². The molecular formula is C30H32F3N5O6. The van der Waals surface area contributed by atoms with Gasteiger partial charge in [-0.15, -0.1) is 5.06 Å². The number of nitrogens with two attached hydrogens (primary N) is 1. The number of benzene rings is 2. The summed E-state index contributed by atoms with van der Waals surface area (Å²) in [7, 11) is 1.18. The molecule has 0 amide bonds. The van der Waals surface area contributed by atoms with Gasteiger partial charge in [-0.1, -0.05) is 72.3 Å². The van der Waals surface area contributed by atoms with Gasteiger partial charge in [0.2, 0.25) is 6.35 Å². The SMILES string of the molecule is CC(C)=CCN1c2c(n(C)c(=O)n(CC(=O)c3ccccc3)c2=O)N(OC(=O)C(F)(F)F)C1OCC(N)Cc1ccccc1. The standard InChI is InChI=1S/C30H32F3N5O6/c1-19(2)14-15-36-24-25(35(3)28(42)37(26(24)40)17-23(39)21-12-8-5-9-13-21)38(44-27(41)30(31,32)33)29(36)43-18-22(34)16-20-10-6-4-7-11-20/h4-14,22,29H,15-18,34H2,1-3H3. The predicted molar refractivity (Wildman–Crippen MR) is 156 cm³/mol. The molecule has 2 unspecified atom stereocenters. The van der Waals surface area contributed by atoms with E-state index in [9.17, 15) is 32.3 Å². The number of rotatable bonds is 11. The molecule has 1 aliphatic heterocycles. The summed E-state index contributed by atoms with van der Waals surface area (Å²) in [6, 6.07) is 16.5. The number of hydrogen-bond donors (Lipinski definition) is 1. The van der Waals surface area contributed by atoms with E-state index in [0.29, 0.717) is 16.1 Å². The number of alkyl halides is 3. The van der Waals surface area contributed by atoms with Crippen LogP contribution in [0.25, 0.3) is 0 Å². The molecule has 1 aromatic heterocycles. The third-order valence-corrected chi connectivity index (χ3v) is 6.76. The number of hydroxylamine groups is 1. The Morgan fingerprint density at radius 1 is 1.02 bits per heavy atom. The Balaban J connectivity index is 1.79. The van der Waals surface area contributed by atoms with Gasteiger partial charge in [0.25, 0.3) is 5.56 Å². The van der Waals surface area contributed by atoms with E-state index in [4.69, 9.17) is 15.3 Å². The van der Waals surface area contributed by atoms with Crippen LogP contribution in [0.2, 0.25) is 0 Å². The molecule has 44 heavy (non-hydrogen) atoms. The first-order chi connectivity index (χ1) is 20.8. The number of fused-ring (bicyclic) bond motifs is 1. The van der Waals surface area contributed by atoms with Crippen LogP contribution in [0.3, 0.4) is 0 Å². The zero-order valence-corrected chi connectivity index (χ0v) is 24.3. The van der Waals surface area contributed by atoms with Gasteiger partial charge < -0.3 is 20.2 Å². The number of nitrogens with zero attached hydrogens (tertiary/aromatic N) is 4. The molecular weight excluding hydrogens is 583 g/mol. The fourth-order valence-electron chi connectivity index (χ4n) is 4.62.